The van der Waals surface area contributed by atoms with Crippen LogP contribution in [0.25, 0.3) is 0 Å². The number of aryl methyl sites for hydroxylation is 1. The zero-order valence-electron chi connectivity index (χ0n) is 16.5. The molecular weight excluding hydrogens is 377 g/mol. The molecule has 1 heterocycles. The molecule has 0 saturated carbocycles. The number of ether oxygens (including phenoxy) is 2. The number of benzene rings is 2. The Hall–Kier alpha value is -3.22. The molecule has 0 aliphatic carbocycles. The fourth-order valence-electron chi connectivity index (χ4n) is 3.30. The highest BCUT2D eigenvalue weighted by Crippen LogP contribution is 2.30. The van der Waals surface area contributed by atoms with Gasteiger partial charge in [-0.25, -0.2) is 4.39 Å². The van der Waals surface area contributed by atoms with Crippen molar-refractivity contribution in [2.24, 2.45) is 5.92 Å². The van der Waals surface area contributed by atoms with Crippen LogP contribution in [0.15, 0.2) is 36.4 Å². The van der Waals surface area contributed by atoms with Crippen molar-refractivity contribution in [2.75, 3.05) is 25.2 Å². The van der Waals surface area contributed by atoms with Crippen molar-refractivity contribution < 1.29 is 28.2 Å². The fourth-order valence-corrected chi connectivity index (χ4v) is 3.30. The number of carbonyl (C=O) groups excluding carboxylic acids is 3. The van der Waals surface area contributed by atoms with Crippen molar-refractivity contribution in [3.8, 4) is 5.75 Å². The lowest BCUT2D eigenvalue weighted by Crippen LogP contribution is -2.27. The van der Waals surface area contributed by atoms with Gasteiger partial charge in [0.15, 0.2) is 24.0 Å². The average Bonchev–Trinajstić information content (AvgIpc) is 3.09. The first kappa shape index (κ1) is 20.5. The van der Waals surface area contributed by atoms with Crippen molar-refractivity contribution in [2.45, 2.75) is 20.3 Å². The Balaban J connectivity index is 1.61. The summed E-state index contributed by atoms with van der Waals surface area (Å²) >= 11 is 0. The molecule has 0 aromatic heterocycles. The molecular formula is C22H22FNO5. The number of carbonyl (C=O) groups is 3. The highest BCUT2D eigenvalue weighted by molar-refractivity contribution is 6.01. The van der Waals surface area contributed by atoms with Gasteiger partial charge in [-0.2, -0.15) is 0 Å². The zero-order chi connectivity index (χ0) is 21.1. The van der Waals surface area contributed by atoms with Crippen LogP contribution in [0, 0.1) is 25.6 Å². The Bertz CT molecular complexity index is 972. The average molecular weight is 399 g/mol. The van der Waals surface area contributed by atoms with Crippen LogP contribution in [-0.4, -0.2) is 37.9 Å². The van der Waals surface area contributed by atoms with Crippen LogP contribution in [0.2, 0.25) is 0 Å². The molecule has 3 rings (SSSR count). The first-order valence-corrected chi connectivity index (χ1v) is 9.21. The molecule has 1 amide bonds. The molecule has 0 spiro atoms. The second-order valence-electron chi connectivity index (χ2n) is 7.00. The quantitative estimate of drug-likeness (QED) is 0.551. The minimum Gasteiger partial charge on any atom is -0.494 e. The van der Waals surface area contributed by atoms with Gasteiger partial charge in [0, 0.05) is 24.2 Å². The normalized spacial score (nSPS) is 16.1. The lowest BCUT2D eigenvalue weighted by atomic mass is 10.1. The van der Waals surface area contributed by atoms with E-state index in [9.17, 15) is 18.8 Å². The van der Waals surface area contributed by atoms with Gasteiger partial charge in [-0.05, 0) is 49.2 Å². The van der Waals surface area contributed by atoms with Crippen LogP contribution < -0.4 is 9.64 Å². The summed E-state index contributed by atoms with van der Waals surface area (Å²) in [5, 5.41) is 0. The maximum atomic E-state index is 13.7. The predicted octanol–water partition coefficient (Wildman–Crippen LogP) is 3.23. The van der Waals surface area contributed by atoms with Gasteiger partial charge >= 0.3 is 5.97 Å². The van der Waals surface area contributed by atoms with Crippen molar-refractivity contribution in [1.29, 1.82) is 0 Å². The summed E-state index contributed by atoms with van der Waals surface area (Å²) in [5.41, 5.74) is 2.89. The van der Waals surface area contributed by atoms with Crippen molar-refractivity contribution in [3.05, 3.63) is 58.9 Å². The Labute approximate surface area is 168 Å². The van der Waals surface area contributed by atoms with Gasteiger partial charge in [-0.3, -0.25) is 14.4 Å². The molecule has 0 N–H and O–H groups in total. The monoisotopic (exact) mass is 399 g/mol. The van der Waals surface area contributed by atoms with E-state index in [-0.39, 0.29) is 30.2 Å². The lowest BCUT2D eigenvalue weighted by molar-refractivity contribution is -0.147. The Morgan fingerprint density at radius 1 is 1.21 bits per heavy atom. The number of esters is 1. The minimum absolute atomic E-state index is 0.0227. The molecule has 1 aliphatic heterocycles. The van der Waals surface area contributed by atoms with Gasteiger partial charge in [0.05, 0.1) is 13.0 Å². The van der Waals surface area contributed by atoms with Crippen molar-refractivity contribution in [3.63, 3.8) is 0 Å². The van der Waals surface area contributed by atoms with Gasteiger partial charge < -0.3 is 14.4 Å². The highest BCUT2D eigenvalue weighted by atomic mass is 19.1. The number of ketones is 1. The SMILES string of the molecule is COc1ccc(C(=O)COC(=O)[C@@H]2CC(=O)N(c3cccc(C)c3C)C2)cc1F. The van der Waals surface area contributed by atoms with Gasteiger partial charge in [0.1, 0.15) is 0 Å². The van der Waals surface area contributed by atoms with Crippen LogP contribution in [0.4, 0.5) is 10.1 Å². The number of hydrogen-bond acceptors (Lipinski definition) is 5. The fraction of sp³-hybridized carbons (Fsp3) is 0.318. The number of Topliss-reactive ketones (excluding diaryl/α,β-unsaturated/α-hetero) is 1. The minimum atomic E-state index is -0.671. The molecule has 1 aliphatic rings. The molecule has 6 nitrogen and oxygen atoms in total. The Morgan fingerprint density at radius 2 is 1.97 bits per heavy atom. The standard InChI is InChI=1S/C22H22FNO5/c1-13-5-4-6-18(14(13)2)24-11-16(10-21(24)26)22(27)29-12-19(25)15-7-8-20(28-3)17(23)9-15/h4-9,16H,10-12H2,1-3H3/t16-/m1/s1. The van der Waals surface area contributed by atoms with E-state index in [0.717, 1.165) is 22.9 Å². The summed E-state index contributed by atoms with van der Waals surface area (Å²) in [6.07, 6.45) is 0.0254. The molecule has 0 unspecified atom stereocenters. The third kappa shape index (κ3) is 4.29. The summed E-state index contributed by atoms with van der Waals surface area (Å²) in [5.74, 6) is -2.61. The zero-order valence-corrected chi connectivity index (χ0v) is 16.5. The van der Waals surface area contributed by atoms with Crippen LogP contribution in [0.5, 0.6) is 5.75 Å². The molecule has 1 fully saturated rings. The second-order valence-corrected chi connectivity index (χ2v) is 7.00. The van der Waals surface area contributed by atoms with E-state index in [1.807, 2.05) is 32.0 Å². The maximum absolute atomic E-state index is 13.7. The summed E-state index contributed by atoms with van der Waals surface area (Å²) in [4.78, 5) is 38.5. The third-order valence-corrected chi connectivity index (χ3v) is 5.14. The van der Waals surface area contributed by atoms with Crippen LogP contribution in [-0.2, 0) is 14.3 Å². The first-order valence-electron chi connectivity index (χ1n) is 9.21. The van der Waals surface area contributed by atoms with Crippen LogP contribution in [0.3, 0.4) is 0 Å². The molecule has 2 aromatic rings. The largest absolute Gasteiger partial charge is 0.494 e. The molecule has 29 heavy (non-hydrogen) atoms. The summed E-state index contributed by atoms with van der Waals surface area (Å²) < 4.78 is 23.6. The Kier molecular flexibility index (Phi) is 5.96. The number of methoxy groups -OCH3 is 1. The maximum Gasteiger partial charge on any atom is 0.311 e. The highest BCUT2D eigenvalue weighted by Gasteiger charge is 2.37. The molecule has 0 bridgehead atoms. The summed E-state index contributed by atoms with van der Waals surface area (Å²) in [6, 6.07) is 9.44. The van der Waals surface area contributed by atoms with Gasteiger partial charge in [0.25, 0.3) is 0 Å². The third-order valence-electron chi connectivity index (χ3n) is 5.14. The van der Waals surface area contributed by atoms with E-state index < -0.39 is 30.1 Å². The van der Waals surface area contributed by atoms with Crippen molar-refractivity contribution in [1.82, 2.24) is 0 Å². The number of hydrogen-bond donors (Lipinski definition) is 0. The van der Waals surface area contributed by atoms with E-state index in [2.05, 4.69) is 0 Å². The molecule has 2 aromatic carbocycles. The number of anilines is 1. The van der Waals surface area contributed by atoms with E-state index in [1.165, 1.54) is 19.2 Å². The Morgan fingerprint density at radius 3 is 2.66 bits per heavy atom. The van der Waals surface area contributed by atoms with E-state index in [1.54, 1.807) is 4.90 Å². The number of rotatable bonds is 6. The molecule has 1 saturated heterocycles. The van der Waals surface area contributed by atoms with E-state index in [4.69, 9.17) is 9.47 Å². The molecule has 7 heteroatoms. The van der Waals surface area contributed by atoms with Crippen LogP contribution >= 0.6 is 0 Å². The second kappa shape index (κ2) is 8.43. The number of amides is 1. The summed E-state index contributed by atoms with van der Waals surface area (Å²) in [6.45, 7) is 3.57. The lowest BCUT2D eigenvalue weighted by Gasteiger charge is -2.20. The number of nitrogens with zero attached hydrogens (tertiary/aromatic N) is 1. The van der Waals surface area contributed by atoms with Gasteiger partial charge in [0.2, 0.25) is 5.91 Å². The molecule has 152 valence electrons. The van der Waals surface area contributed by atoms with Gasteiger partial charge in [-0.1, -0.05) is 12.1 Å². The number of halogens is 1. The van der Waals surface area contributed by atoms with E-state index >= 15 is 0 Å². The van der Waals surface area contributed by atoms with Crippen molar-refractivity contribution >= 4 is 23.3 Å². The molecule has 1 atom stereocenters. The smallest absolute Gasteiger partial charge is 0.311 e. The van der Waals surface area contributed by atoms with Crippen LogP contribution in [0.1, 0.15) is 27.9 Å². The summed E-state index contributed by atoms with van der Waals surface area (Å²) in [7, 11) is 1.33. The predicted molar refractivity (Wildman–Crippen MR) is 105 cm³/mol. The molecule has 0 radical (unpaired) electrons. The van der Waals surface area contributed by atoms with E-state index in [0.29, 0.717) is 0 Å². The topological polar surface area (TPSA) is 72.9 Å². The first-order chi connectivity index (χ1) is 13.8. The van der Waals surface area contributed by atoms with Gasteiger partial charge in [-0.15, -0.1) is 0 Å².